The summed E-state index contributed by atoms with van der Waals surface area (Å²) in [5.74, 6) is 5.50. The molecule has 8 rings (SSSR count). The van der Waals surface area contributed by atoms with Crippen LogP contribution in [0.2, 0.25) is 0 Å². The number of unbranched alkanes of at least 4 members (excludes halogenated alkanes) is 6. The second-order valence-corrected chi connectivity index (χ2v) is 16.5. The monoisotopic (exact) mass is 667 g/mol. The van der Waals surface area contributed by atoms with Crippen LogP contribution in [0.4, 0.5) is 0 Å². The maximum Gasteiger partial charge on any atom is 0.119 e. The third-order valence-corrected chi connectivity index (χ3v) is 12.8. The topological polar surface area (TPSA) is 24.9 Å². The second-order valence-electron chi connectivity index (χ2n) is 16.5. The molecule has 2 saturated heterocycles. The average molecular weight is 667 g/mol. The number of benzene rings is 2. The summed E-state index contributed by atoms with van der Waals surface area (Å²) in [5.41, 5.74) is 6.01. The molecule has 4 bridgehead atoms. The summed E-state index contributed by atoms with van der Waals surface area (Å²) in [6.07, 6.45) is 25.7. The van der Waals surface area contributed by atoms with Gasteiger partial charge in [0.1, 0.15) is 11.5 Å². The van der Waals surface area contributed by atoms with Crippen molar-refractivity contribution in [2.24, 2.45) is 23.7 Å². The first-order chi connectivity index (χ1) is 24.3. The number of allylic oxidation sites excluding steroid dienone is 1. The molecule has 0 spiro atoms. The zero-order chi connectivity index (χ0) is 33.1. The fourth-order valence-electron chi connectivity index (χ4n) is 10.4. The Kier molecular flexibility index (Phi) is 13.1. The van der Waals surface area contributed by atoms with Crippen LogP contribution in [0.5, 0.6) is 11.5 Å². The number of nitrogens with zero attached hydrogens (tertiary/aromatic N) is 2. The summed E-state index contributed by atoms with van der Waals surface area (Å²) in [4.78, 5) is 5.33. The number of ether oxygens (including phenoxy) is 2. The highest BCUT2D eigenvalue weighted by Crippen LogP contribution is 2.58. The Hall–Kier alpha value is -2.30. The van der Waals surface area contributed by atoms with Crippen LogP contribution >= 0.6 is 0 Å². The summed E-state index contributed by atoms with van der Waals surface area (Å²) in [5, 5.41) is 0. The minimum absolute atomic E-state index is 0.767. The molecular formula is C45H66N2O2. The van der Waals surface area contributed by atoms with Gasteiger partial charge in [-0.3, -0.25) is 0 Å². The Morgan fingerprint density at radius 3 is 1.31 bits per heavy atom. The molecule has 2 aromatic carbocycles. The predicted molar refractivity (Wildman–Crippen MR) is 204 cm³/mol. The molecule has 6 aliphatic rings. The van der Waals surface area contributed by atoms with Crippen LogP contribution in [0.1, 0.15) is 133 Å². The van der Waals surface area contributed by atoms with E-state index in [1.165, 1.54) is 165 Å². The lowest BCUT2D eigenvalue weighted by Crippen LogP contribution is -2.40. The Bertz CT molecular complexity index is 1180. The Balaban J connectivity index is 0.914. The predicted octanol–water partition coefficient (Wildman–Crippen LogP) is 10.8. The Morgan fingerprint density at radius 2 is 0.878 bits per heavy atom. The SMILES string of the molecule is c1cc(C(=C2C3CC4CC(C3)CC2C4)c2ccc(OCCCCCCN3CCCCC3)cc2)ccc1OCCCCCCN1CCCCC1. The standard InChI is InChI=1S/C45H66N2O2/c1(7-23-46-25-9-5-10-26-46)3-13-29-48-42-19-15-38(16-20-42)44(45-40-32-36-31-37(34-40)35-41(45)33-36)39-17-21-43(22-18-39)49-30-14-4-2-8-24-47-27-11-6-12-28-47/h15-22,36-37,40-41H,1-14,23-35H2. The van der Waals surface area contributed by atoms with E-state index < -0.39 is 0 Å². The van der Waals surface area contributed by atoms with Crippen molar-refractivity contribution in [3.05, 3.63) is 65.2 Å². The molecule has 2 heterocycles. The van der Waals surface area contributed by atoms with Crippen molar-refractivity contribution < 1.29 is 9.47 Å². The van der Waals surface area contributed by atoms with E-state index in [0.29, 0.717) is 0 Å². The van der Waals surface area contributed by atoms with Crippen molar-refractivity contribution in [3.63, 3.8) is 0 Å². The minimum atomic E-state index is 0.767. The van der Waals surface area contributed by atoms with Gasteiger partial charge in [0, 0.05) is 0 Å². The molecule has 0 radical (unpaired) electrons. The lowest BCUT2D eigenvalue weighted by atomic mass is 9.53. The molecular weight excluding hydrogens is 601 g/mol. The van der Waals surface area contributed by atoms with Crippen molar-refractivity contribution in [3.8, 4) is 11.5 Å². The van der Waals surface area contributed by atoms with E-state index in [9.17, 15) is 0 Å². The van der Waals surface area contributed by atoms with Gasteiger partial charge < -0.3 is 19.3 Å². The molecule has 0 aromatic heterocycles. The first-order valence-electron chi connectivity index (χ1n) is 20.9. The first-order valence-corrected chi connectivity index (χ1v) is 20.9. The minimum Gasteiger partial charge on any atom is -0.494 e. The summed E-state index contributed by atoms with van der Waals surface area (Å²) in [7, 11) is 0. The number of likely N-dealkylation sites (tertiary alicyclic amines) is 2. The largest absolute Gasteiger partial charge is 0.494 e. The molecule has 0 atom stereocenters. The number of piperidine rings is 2. The second kappa shape index (κ2) is 18.3. The van der Waals surface area contributed by atoms with Gasteiger partial charge in [-0.05, 0) is 187 Å². The molecule has 0 unspecified atom stereocenters. The molecule has 49 heavy (non-hydrogen) atoms. The number of hydrogen-bond donors (Lipinski definition) is 0. The highest BCUT2D eigenvalue weighted by molar-refractivity contribution is 5.83. The van der Waals surface area contributed by atoms with E-state index in [4.69, 9.17) is 9.47 Å². The van der Waals surface area contributed by atoms with Gasteiger partial charge in [-0.1, -0.05) is 68.4 Å². The Morgan fingerprint density at radius 1 is 0.469 bits per heavy atom. The van der Waals surface area contributed by atoms with E-state index in [1.54, 1.807) is 5.57 Å². The lowest BCUT2D eigenvalue weighted by Gasteiger charge is -2.52. The van der Waals surface area contributed by atoms with E-state index in [-0.39, 0.29) is 0 Å². The summed E-state index contributed by atoms with van der Waals surface area (Å²) < 4.78 is 12.5. The van der Waals surface area contributed by atoms with Crippen molar-refractivity contribution >= 4 is 5.57 Å². The van der Waals surface area contributed by atoms with Gasteiger partial charge in [0.2, 0.25) is 0 Å². The smallest absolute Gasteiger partial charge is 0.119 e. The van der Waals surface area contributed by atoms with Crippen LogP contribution < -0.4 is 9.47 Å². The molecule has 6 fully saturated rings. The van der Waals surface area contributed by atoms with Crippen molar-refractivity contribution in [2.75, 3.05) is 52.5 Å². The molecule has 4 aliphatic carbocycles. The van der Waals surface area contributed by atoms with Crippen molar-refractivity contribution in [1.29, 1.82) is 0 Å². The zero-order valence-corrected chi connectivity index (χ0v) is 30.7. The van der Waals surface area contributed by atoms with Gasteiger partial charge in [-0.2, -0.15) is 0 Å². The van der Waals surface area contributed by atoms with Crippen molar-refractivity contribution in [2.45, 2.75) is 122 Å². The molecule has 2 aromatic rings. The lowest BCUT2D eigenvalue weighted by molar-refractivity contribution is 0.0705. The number of rotatable bonds is 18. The van der Waals surface area contributed by atoms with E-state index >= 15 is 0 Å². The van der Waals surface area contributed by atoms with Crippen molar-refractivity contribution in [1.82, 2.24) is 9.80 Å². The molecule has 0 N–H and O–H groups in total. The van der Waals surface area contributed by atoms with E-state index in [2.05, 4.69) is 58.3 Å². The van der Waals surface area contributed by atoms with Gasteiger partial charge in [0.05, 0.1) is 13.2 Å². The van der Waals surface area contributed by atoms with Gasteiger partial charge in [-0.25, -0.2) is 0 Å². The average Bonchev–Trinajstić information content (AvgIpc) is 3.14. The Labute approximate surface area is 299 Å². The van der Waals surface area contributed by atoms with Gasteiger partial charge in [0.15, 0.2) is 0 Å². The summed E-state index contributed by atoms with van der Waals surface area (Å²) in [6, 6.07) is 18.3. The quantitative estimate of drug-likeness (QED) is 0.148. The molecule has 4 nitrogen and oxygen atoms in total. The van der Waals surface area contributed by atoms with Gasteiger partial charge in [-0.15, -0.1) is 0 Å². The van der Waals surface area contributed by atoms with Crippen LogP contribution in [0.25, 0.3) is 5.57 Å². The zero-order valence-electron chi connectivity index (χ0n) is 30.7. The molecule has 4 saturated carbocycles. The van der Waals surface area contributed by atoms with Crippen LogP contribution in [-0.2, 0) is 0 Å². The highest BCUT2D eigenvalue weighted by atomic mass is 16.5. The van der Waals surface area contributed by atoms with E-state index in [0.717, 1.165) is 61.2 Å². The maximum absolute atomic E-state index is 6.25. The number of hydrogen-bond acceptors (Lipinski definition) is 4. The van der Waals surface area contributed by atoms with Gasteiger partial charge in [0.25, 0.3) is 0 Å². The highest BCUT2D eigenvalue weighted by Gasteiger charge is 2.46. The third-order valence-electron chi connectivity index (χ3n) is 12.8. The van der Waals surface area contributed by atoms with Crippen LogP contribution in [0.3, 0.4) is 0 Å². The van der Waals surface area contributed by atoms with Crippen LogP contribution in [-0.4, -0.2) is 62.3 Å². The molecule has 2 aliphatic heterocycles. The van der Waals surface area contributed by atoms with Crippen LogP contribution in [0, 0.1) is 23.7 Å². The first kappa shape index (κ1) is 35.1. The maximum atomic E-state index is 6.25. The molecule has 4 heteroatoms. The van der Waals surface area contributed by atoms with E-state index in [1.807, 2.05) is 0 Å². The van der Waals surface area contributed by atoms with Crippen LogP contribution in [0.15, 0.2) is 54.1 Å². The third kappa shape index (κ3) is 9.94. The normalized spacial score (nSPS) is 25.5. The molecule has 268 valence electrons. The van der Waals surface area contributed by atoms with Gasteiger partial charge >= 0.3 is 0 Å². The fraction of sp³-hybridized carbons (Fsp3) is 0.689. The summed E-state index contributed by atoms with van der Waals surface area (Å²) >= 11 is 0. The molecule has 0 amide bonds. The fourth-order valence-corrected chi connectivity index (χ4v) is 10.4. The summed E-state index contributed by atoms with van der Waals surface area (Å²) in [6.45, 7) is 9.50.